The highest BCUT2D eigenvalue weighted by atomic mass is 32.1. The molecule has 1 aromatic carbocycles. The number of rotatable bonds is 6. The minimum absolute atomic E-state index is 0.0691. The summed E-state index contributed by atoms with van der Waals surface area (Å²) in [7, 11) is 0. The average Bonchev–Trinajstić information content (AvgIpc) is 3.40. The summed E-state index contributed by atoms with van der Waals surface area (Å²) >= 11 is 1.81. The van der Waals surface area contributed by atoms with Crippen LogP contribution >= 0.6 is 11.3 Å². The molecule has 2 aliphatic rings. The molecule has 1 aliphatic heterocycles. The van der Waals surface area contributed by atoms with Gasteiger partial charge in [0.1, 0.15) is 10.0 Å². The van der Waals surface area contributed by atoms with Gasteiger partial charge in [0.25, 0.3) is 0 Å². The van der Waals surface area contributed by atoms with Crippen molar-refractivity contribution in [1.82, 2.24) is 15.1 Å². The second-order valence-electron chi connectivity index (χ2n) is 7.40. The molecule has 1 saturated heterocycles. The third-order valence-electron chi connectivity index (χ3n) is 5.33. The van der Waals surface area contributed by atoms with Gasteiger partial charge in [-0.25, -0.2) is 0 Å². The number of carbonyl (C=O) groups is 1. The van der Waals surface area contributed by atoms with Gasteiger partial charge in [-0.05, 0) is 62.9 Å². The smallest absolute Gasteiger partial charge is 0.238 e. The van der Waals surface area contributed by atoms with E-state index in [0.717, 1.165) is 38.0 Å². The number of likely N-dealkylation sites (tertiary alicyclic amines) is 1. The molecule has 0 atom stereocenters. The Kier molecular flexibility index (Phi) is 5.31. The number of nitrogens with zero attached hydrogens (tertiary/aromatic N) is 3. The molecule has 0 spiro atoms. The monoisotopic (exact) mass is 370 g/mol. The van der Waals surface area contributed by atoms with E-state index < -0.39 is 0 Å². The standard InChI is InChI=1S/C20H26N4OS/c1-2-14-3-7-17(8-4-14)21-18(25)13-24-11-9-16(10-12-24)20-23-22-19(26-20)15-5-6-15/h3-4,7-8,15-16H,2,5-6,9-13H2,1H3,(H,21,25). The van der Waals surface area contributed by atoms with Crippen LogP contribution in [-0.4, -0.2) is 40.6 Å². The van der Waals surface area contributed by atoms with Gasteiger partial charge in [-0.3, -0.25) is 9.69 Å². The zero-order chi connectivity index (χ0) is 17.9. The molecule has 26 heavy (non-hydrogen) atoms. The first-order chi connectivity index (χ1) is 12.7. The highest BCUT2D eigenvalue weighted by Gasteiger charge is 2.30. The fourth-order valence-corrected chi connectivity index (χ4v) is 4.65. The van der Waals surface area contributed by atoms with Crippen molar-refractivity contribution in [2.24, 2.45) is 0 Å². The van der Waals surface area contributed by atoms with Crippen molar-refractivity contribution in [2.45, 2.75) is 50.9 Å². The van der Waals surface area contributed by atoms with Crippen molar-refractivity contribution >= 4 is 22.9 Å². The number of aromatic nitrogens is 2. The first-order valence-corrected chi connectivity index (χ1v) is 10.5. The van der Waals surface area contributed by atoms with E-state index in [-0.39, 0.29) is 5.91 Å². The molecule has 5 nitrogen and oxygen atoms in total. The Balaban J connectivity index is 1.24. The van der Waals surface area contributed by atoms with E-state index >= 15 is 0 Å². The first-order valence-electron chi connectivity index (χ1n) is 9.65. The molecule has 1 saturated carbocycles. The molecule has 1 amide bonds. The van der Waals surface area contributed by atoms with E-state index in [1.54, 1.807) is 0 Å². The van der Waals surface area contributed by atoms with Crippen LogP contribution in [0.5, 0.6) is 0 Å². The van der Waals surface area contributed by atoms with E-state index in [9.17, 15) is 4.79 Å². The summed E-state index contributed by atoms with van der Waals surface area (Å²) < 4.78 is 0. The van der Waals surface area contributed by atoms with Gasteiger partial charge in [0, 0.05) is 17.5 Å². The van der Waals surface area contributed by atoms with E-state index in [2.05, 4.69) is 39.5 Å². The van der Waals surface area contributed by atoms with Gasteiger partial charge in [0.15, 0.2) is 0 Å². The zero-order valence-corrected chi connectivity index (χ0v) is 16.1. The number of benzene rings is 1. The van der Waals surface area contributed by atoms with Crippen molar-refractivity contribution in [3.05, 3.63) is 39.8 Å². The normalized spacial score (nSPS) is 18.8. The number of piperidine rings is 1. The van der Waals surface area contributed by atoms with Crippen LogP contribution in [0.3, 0.4) is 0 Å². The summed E-state index contributed by atoms with van der Waals surface area (Å²) in [5, 5.41) is 14.2. The maximum Gasteiger partial charge on any atom is 0.238 e. The number of aryl methyl sites for hydroxylation is 1. The Hall–Kier alpha value is -1.79. The lowest BCUT2D eigenvalue weighted by atomic mass is 9.98. The highest BCUT2D eigenvalue weighted by molar-refractivity contribution is 7.11. The summed E-state index contributed by atoms with van der Waals surface area (Å²) in [6.07, 6.45) is 5.71. The van der Waals surface area contributed by atoms with Crippen molar-refractivity contribution < 1.29 is 4.79 Å². The van der Waals surface area contributed by atoms with Gasteiger partial charge in [-0.2, -0.15) is 0 Å². The van der Waals surface area contributed by atoms with Crippen LogP contribution in [0.2, 0.25) is 0 Å². The minimum atomic E-state index is 0.0691. The van der Waals surface area contributed by atoms with Gasteiger partial charge < -0.3 is 5.32 Å². The van der Waals surface area contributed by atoms with E-state index in [1.165, 1.54) is 28.4 Å². The Morgan fingerprint density at radius 1 is 1.08 bits per heavy atom. The van der Waals surface area contributed by atoms with E-state index in [4.69, 9.17) is 0 Å². The number of hydrogen-bond donors (Lipinski definition) is 1. The van der Waals surface area contributed by atoms with Crippen LogP contribution in [0, 0.1) is 0 Å². The predicted molar refractivity (Wildman–Crippen MR) is 105 cm³/mol. The van der Waals surface area contributed by atoms with Crippen LogP contribution in [0.15, 0.2) is 24.3 Å². The lowest BCUT2D eigenvalue weighted by Gasteiger charge is -2.30. The summed E-state index contributed by atoms with van der Waals surface area (Å²) in [4.78, 5) is 14.5. The zero-order valence-electron chi connectivity index (χ0n) is 15.3. The van der Waals surface area contributed by atoms with Gasteiger partial charge in [0.2, 0.25) is 5.91 Å². The Bertz CT molecular complexity index is 745. The molecular weight excluding hydrogens is 344 g/mol. The Morgan fingerprint density at radius 3 is 2.27 bits per heavy atom. The number of amides is 1. The molecule has 1 aliphatic carbocycles. The third kappa shape index (κ3) is 4.30. The quantitative estimate of drug-likeness (QED) is 0.840. The summed E-state index contributed by atoms with van der Waals surface area (Å²) in [6, 6.07) is 8.10. The summed E-state index contributed by atoms with van der Waals surface area (Å²) in [5.74, 6) is 1.27. The summed E-state index contributed by atoms with van der Waals surface area (Å²) in [6.45, 7) is 4.49. The lowest BCUT2D eigenvalue weighted by Crippen LogP contribution is -2.38. The summed E-state index contributed by atoms with van der Waals surface area (Å²) in [5.41, 5.74) is 2.16. The van der Waals surface area contributed by atoms with E-state index in [1.807, 2.05) is 23.5 Å². The van der Waals surface area contributed by atoms with Crippen LogP contribution in [0.1, 0.15) is 60.0 Å². The van der Waals surface area contributed by atoms with Crippen molar-refractivity contribution in [3.63, 3.8) is 0 Å². The maximum absolute atomic E-state index is 12.3. The molecule has 1 aromatic heterocycles. The average molecular weight is 371 g/mol. The second-order valence-corrected chi connectivity index (χ2v) is 8.44. The fourth-order valence-electron chi connectivity index (χ4n) is 3.47. The molecule has 0 bridgehead atoms. The molecule has 138 valence electrons. The van der Waals surface area contributed by atoms with Crippen molar-refractivity contribution in [2.75, 3.05) is 25.0 Å². The van der Waals surface area contributed by atoms with Crippen LogP contribution < -0.4 is 5.32 Å². The molecule has 0 unspecified atom stereocenters. The van der Waals surface area contributed by atoms with Crippen LogP contribution in [0.4, 0.5) is 5.69 Å². The Labute approximate surface area is 158 Å². The molecule has 2 fully saturated rings. The second kappa shape index (κ2) is 7.84. The van der Waals surface area contributed by atoms with E-state index in [0.29, 0.717) is 18.4 Å². The number of nitrogens with one attached hydrogen (secondary N) is 1. The van der Waals surface area contributed by atoms with Gasteiger partial charge in [-0.15, -0.1) is 21.5 Å². The van der Waals surface area contributed by atoms with Crippen molar-refractivity contribution in [1.29, 1.82) is 0 Å². The third-order valence-corrected chi connectivity index (χ3v) is 6.58. The molecule has 2 heterocycles. The van der Waals surface area contributed by atoms with Crippen LogP contribution in [-0.2, 0) is 11.2 Å². The SMILES string of the molecule is CCc1ccc(NC(=O)CN2CCC(c3nnc(C4CC4)s3)CC2)cc1. The van der Waals surface area contributed by atoms with Crippen LogP contribution in [0.25, 0.3) is 0 Å². The maximum atomic E-state index is 12.3. The molecule has 6 heteroatoms. The molecule has 4 rings (SSSR count). The fraction of sp³-hybridized carbons (Fsp3) is 0.550. The largest absolute Gasteiger partial charge is 0.325 e. The predicted octanol–water partition coefficient (Wildman–Crippen LogP) is 3.80. The first kappa shape index (κ1) is 17.6. The Morgan fingerprint density at radius 2 is 1.69 bits per heavy atom. The van der Waals surface area contributed by atoms with Gasteiger partial charge in [-0.1, -0.05) is 19.1 Å². The number of anilines is 1. The van der Waals surface area contributed by atoms with Gasteiger partial charge >= 0.3 is 0 Å². The van der Waals surface area contributed by atoms with Crippen molar-refractivity contribution in [3.8, 4) is 0 Å². The molecule has 2 aromatic rings. The number of carbonyl (C=O) groups excluding carboxylic acids is 1. The molecular formula is C20H26N4OS. The minimum Gasteiger partial charge on any atom is -0.325 e. The molecule has 1 N–H and O–H groups in total. The lowest BCUT2D eigenvalue weighted by molar-refractivity contribution is -0.117. The number of hydrogen-bond acceptors (Lipinski definition) is 5. The topological polar surface area (TPSA) is 58.1 Å². The van der Waals surface area contributed by atoms with Gasteiger partial charge in [0.05, 0.1) is 6.54 Å². The molecule has 0 radical (unpaired) electrons. The highest BCUT2D eigenvalue weighted by Crippen LogP contribution is 2.43.